The molecule has 1 atom stereocenters. The number of nitro benzene ring substituents is 1. The fourth-order valence-corrected chi connectivity index (χ4v) is 4.98. The molecule has 0 radical (unpaired) electrons. The SMILES string of the molecule is COc1cc(C(Nc2ccc(C(=N)N)cc2)C(=O)NS(=O)(=O)c2cccc([N+](=O)[O-])c2)ccc1OCc1ccccc1. The van der Waals surface area contributed by atoms with Crippen LogP contribution in [0, 0.1) is 15.5 Å². The van der Waals surface area contributed by atoms with E-state index in [2.05, 4.69) is 5.32 Å². The molecule has 0 saturated carbocycles. The fourth-order valence-electron chi connectivity index (χ4n) is 3.95. The van der Waals surface area contributed by atoms with Gasteiger partial charge in [0.15, 0.2) is 11.5 Å². The van der Waals surface area contributed by atoms with Crippen molar-refractivity contribution in [1.29, 1.82) is 5.41 Å². The maximum Gasteiger partial charge on any atom is 0.270 e. The van der Waals surface area contributed by atoms with Crippen LogP contribution in [0.4, 0.5) is 11.4 Å². The predicted octanol–water partition coefficient (Wildman–Crippen LogP) is 4.12. The van der Waals surface area contributed by atoms with Crippen LogP contribution in [0.15, 0.2) is 102 Å². The minimum atomic E-state index is -4.49. The molecule has 0 spiro atoms. The van der Waals surface area contributed by atoms with Crippen LogP contribution in [-0.2, 0) is 21.4 Å². The number of nitrogens with one attached hydrogen (secondary N) is 3. The van der Waals surface area contributed by atoms with Gasteiger partial charge in [0.05, 0.1) is 16.9 Å². The highest BCUT2D eigenvalue weighted by atomic mass is 32.2. The first-order valence-corrected chi connectivity index (χ1v) is 13.9. The Hall–Kier alpha value is -5.43. The Balaban J connectivity index is 1.66. The number of nitrogen functional groups attached to an aromatic ring is 1. The number of non-ortho nitro benzene ring substituents is 1. The van der Waals surface area contributed by atoms with Crippen LogP contribution in [0.2, 0.25) is 0 Å². The smallest absolute Gasteiger partial charge is 0.270 e. The normalized spacial score (nSPS) is 11.6. The second-order valence-electron chi connectivity index (χ2n) is 8.98. The van der Waals surface area contributed by atoms with E-state index in [0.29, 0.717) is 28.3 Å². The van der Waals surface area contributed by atoms with Gasteiger partial charge in [-0.05, 0) is 53.6 Å². The van der Waals surface area contributed by atoms with Crippen LogP contribution in [-0.4, -0.2) is 32.2 Å². The van der Waals surface area contributed by atoms with E-state index in [0.717, 1.165) is 23.8 Å². The van der Waals surface area contributed by atoms with Crippen molar-refractivity contribution in [1.82, 2.24) is 4.72 Å². The topological polar surface area (TPSA) is 187 Å². The number of nitrogens with two attached hydrogens (primary N) is 1. The maximum absolute atomic E-state index is 13.5. The van der Waals surface area contributed by atoms with Crippen LogP contribution in [0.1, 0.15) is 22.7 Å². The van der Waals surface area contributed by atoms with Crippen LogP contribution in [0.25, 0.3) is 0 Å². The molecule has 4 aromatic carbocycles. The van der Waals surface area contributed by atoms with E-state index in [4.69, 9.17) is 20.6 Å². The molecule has 0 heterocycles. The number of amides is 1. The highest BCUT2D eigenvalue weighted by Crippen LogP contribution is 2.33. The second-order valence-corrected chi connectivity index (χ2v) is 10.7. The van der Waals surface area contributed by atoms with Crippen molar-refractivity contribution in [3.63, 3.8) is 0 Å². The standard InChI is InChI=1S/C29H27N5O7S/c1-40-26-16-21(12-15-25(26)41-18-19-6-3-2-4-7-19)27(32-22-13-10-20(11-14-22)28(30)31)29(35)33-42(38,39)24-9-5-8-23(17-24)34(36)37/h2-17,27,32H,18H2,1H3,(H3,30,31)(H,33,35). The largest absolute Gasteiger partial charge is 0.493 e. The Morgan fingerprint density at radius 1 is 0.976 bits per heavy atom. The van der Waals surface area contributed by atoms with Crippen molar-refractivity contribution in [2.75, 3.05) is 12.4 Å². The molecular weight excluding hydrogens is 562 g/mol. The molecule has 12 nitrogen and oxygen atoms in total. The molecule has 4 aromatic rings. The van der Waals surface area contributed by atoms with E-state index in [9.17, 15) is 23.3 Å². The molecule has 1 unspecified atom stereocenters. The average Bonchev–Trinajstić information content (AvgIpc) is 2.99. The molecule has 0 aromatic heterocycles. The molecule has 0 fully saturated rings. The lowest BCUT2D eigenvalue weighted by molar-refractivity contribution is -0.385. The van der Waals surface area contributed by atoms with Crippen molar-refractivity contribution < 1.29 is 27.6 Å². The van der Waals surface area contributed by atoms with E-state index < -0.39 is 37.5 Å². The lowest BCUT2D eigenvalue weighted by Gasteiger charge is -2.21. The Kier molecular flexibility index (Phi) is 9.02. The van der Waals surface area contributed by atoms with Crippen molar-refractivity contribution >= 4 is 33.1 Å². The van der Waals surface area contributed by atoms with Gasteiger partial charge in [0.1, 0.15) is 18.5 Å². The number of nitrogens with zero attached hydrogens (tertiary/aromatic N) is 1. The van der Waals surface area contributed by atoms with Crippen molar-refractivity contribution in [3.05, 3.63) is 124 Å². The number of ether oxygens (including phenoxy) is 2. The molecule has 0 aliphatic heterocycles. The van der Waals surface area contributed by atoms with Gasteiger partial charge in [0.25, 0.3) is 21.6 Å². The molecule has 0 bridgehead atoms. The summed E-state index contributed by atoms with van der Waals surface area (Å²) in [5.41, 5.74) is 7.24. The number of amidine groups is 1. The number of carbonyl (C=O) groups is 1. The van der Waals surface area contributed by atoms with E-state index in [1.807, 2.05) is 35.1 Å². The third-order valence-electron chi connectivity index (χ3n) is 6.10. The summed E-state index contributed by atoms with van der Waals surface area (Å²) in [5.74, 6) is -0.400. The highest BCUT2D eigenvalue weighted by molar-refractivity contribution is 7.90. The van der Waals surface area contributed by atoms with Gasteiger partial charge in [-0.1, -0.05) is 42.5 Å². The summed E-state index contributed by atoms with van der Waals surface area (Å²) < 4.78 is 39.5. The van der Waals surface area contributed by atoms with Gasteiger partial charge < -0.3 is 20.5 Å². The minimum absolute atomic E-state index is 0.144. The van der Waals surface area contributed by atoms with E-state index >= 15 is 0 Å². The molecule has 13 heteroatoms. The van der Waals surface area contributed by atoms with Crippen LogP contribution in [0.3, 0.4) is 0 Å². The molecular formula is C29H27N5O7S. The van der Waals surface area contributed by atoms with Gasteiger partial charge in [0.2, 0.25) is 0 Å². The number of benzene rings is 4. The van der Waals surface area contributed by atoms with Gasteiger partial charge in [-0.3, -0.25) is 20.3 Å². The second kappa shape index (κ2) is 12.8. The molecule has 216 valence electrons. The summed E-state index contributed by atoms with van der Waals surface area (Å²) in [7, 11) is -3.05. The summed E-state index contributed by atoms with van der Waals surface area (Å²) in [4.78, 5) is 23.5. The molecule has 5 N–H and O–H groups in total. The first kappa shape index (κ1) is 29.6. The number of carbonyl (C=O) groups excluding carboxylic acids is 1. The lowest BCUT2D eigenvalue weighted by atomic mass is 10.0. The fraction of sp³-hybridized carbons (Fsp3) is 0.103. The maximum atomic E-state index is 13.5. The quantitative estimate of drug-likeness (QED) is 0.0816. The molecule has 1 amide bonds. The zero-order valence-electron chi connectivity index (χ0n) is 22.3. The van der Waals surface area contributed by atoms with Crippen molar-refractivity contribution in [3.8, 4) is 11.5 Å². The summed E-state index contributed by atoms with van der Waals surface area (Å²) in [5, 5.41) is 21.7. The number of hydrogen-bond donors (Lipinski definition) is 4. The molecule has 0 aliphatic carbocycles. The monoisotopic (exact) mass is 589 g/mol. The Morgan fingerprint density at radius 3 is 2.33 bits per heavy atom. The van der Waals surface area contributed by atoms with Gasteiger partial charge in [-0.15, -0.1) is 0 Å². The zero-order valence-corrected chi connectivity index (χ0v) is 23.1. The third kappa shape index (κ3) is 7.20. The molecule has 4 rings (SSSR count). The molecule has 0 saturated heterocycles. The van der Waals surface area contributed by atoms with Gasteiger partial charge >= 0.3 is 0 Å². The van der Waals surface area contributed by atoms with Gasteiger partial charge in [-0.2, -0.15) is 0 Å². The summed E-state index contributed by atoms with van der Waals surface area (Å²) in [6.45, 7) is 0.267. The van der Waals surface area contributed by atoms with E-state index in [-0.39, 0.29) is 12.4 Å². The van der Waals surface area contributed by atoms with Gasteiger partial charge in [-0.25, -0.2) is 13.1 Å². The number of anilines is 1. The average molecular weight is 590 g/mol. The Morgan fingerprint density at radius 2 is 1.69 bits per heavy atom. The van der Waals surface area contributed by atoms with Gasteiger partial charge in [0, 0.05) is 23.4 Å². The van der Waals surface area contributed by atoms with Crippen LogP contribution < -0.4 is 25.2 Å². The first-order valence-electron chi connectivity index (χ1n) is 12.4. The van der Waals surface area contributed by atoms with E-state index in [1.54, 1.807) is 42.5 Å². The number of methoxy groups -OCH3 is 1. The summed E-state index contributed by atoms with van der Waals surface area (Å²) in [6.07, 6.45) is 0. The zero-order chi connectivity index (χ0) is 30.3. The highest BCUT2D eigenvalue weighted by Gasteiger charge is 2.28. The molecule has 42 heavy (non-hydrogen) atoms. The van der Waals surface area contributed by atoms with Crippen LogP contribution in [0.5, 0.6) is 11.5 Å². The van der Waals surface area contributed by atoms with Crippen LogP contribution >= 0.6 is 0 Å². The Bertz CT molecular complexity index is 1710. The number of nitro groups is 1. The number of hydrogen-bond acceptors (Lipinski definition) is 9. The summed E-state index contributed by atoms with van der Waals surface area (Å²) in [6, 6.07) is 23.6. The first-order chi connectivity index (χ1) is 20.1. The van der Waals surface area contributed by atoms with E-state index in [1.165, 1.54) is 13.2 Å². The summed E-state index contributed by atoms with van der Waals surface area (Å²) >= 11 is 0. The molecule has 0 aliphatic rings. The van der Waals surface area contributed by atoms with Crippen molar-refractivity contribution in [2.24, 2.45) is 5.73 Å². The third-order valence-corrected chi connectivity index (χ3v) is 7.45. The van der Waals surface area contributed by atoms with Crippen molar-refractivity contribution in [2.45, 2.75) is 17.5 Å². The minimum Gasteiger partial charge on any atom is -0.493 e. The Labute approximate surface area is 241 Å². The predicted molar refractivity (Wildman–Crippen MR) is 156 cm³/mol. The number of sulfonamides is 1. The lowest BCUT2D eigenvalue weighted by Crippen LogP contribution is -2.37. The number of rotatable bonds is 12.